The number of likely N-dealkylation sites (N-methyl/N-ethyl adjacent to an activating group) is 1. The Bertz CT molecular complexity index is 802. The van der Waals surface area contributed by atoms with Gasteiger partial charge in [0.15, 0.2) is 0 Å². The molecule has 0 saturated heterocycles. The molecule has 0 aliphatic carbocycles. The second-order valence-electron chi connectivity index (χ2n) is 6.44. The van der Waals surface area contributed by atoms with Crippen LogP contribution in [0.25, 0.3) is 10.8 Å². The molecule has 2 aromatic carbocycles. The maximum Gasteiger partial charge on any atom is 0.0394 e. The van der Waals surface area contributed by atoms with Crippen LogP contribution in [0.4, 0.5) is 0 Å². The van der Waals surface area contributed by atoms with Crippen molar-refractivity contribution in [1.29, 1.82) is 0 Å². The molecule has 23 heavy (non-hydrogen) atoms. The second kappa shape index (κ2) is 8.77. The summed E-state index contributed by atoms with van der Waals surface area (Å²) in [5, 5.41) is 2.22. The third-order valence-electron chi connectivity index (χ3n) is 3.22. The van der Waals surface area contributed by atoms with Crippen molar-refractivity contribution in [3.63, 3.8) is 0 Å². The summed E-state index contributed by atoms with van der Waals surface area (Å²) < 4.78 is 23.4. The molecule has 2 heteroatoms. The molecule has 122 valence electrons. The summed E-state index contributed by atoms with van der Waals surface area (Å²) in [4.78, 5) is 1.49. The zero-order valence-electron chi connectivity index (χ0n) is 17.0. The Morgan fingerprint density at radius 1 is 1.13 bits per heavy atom. The van der Waals surface area contributed by atoms with E-state index in [0.29, 0.717) is 13.1 Å². The predicted octanol–water partition coefficient (Wildman–Crippen LogP) is 5.30. The van der Waals surface area contributed by atoms with E-state index < -0.39 is 6.98 Å². The molecule has 0 bridgehead atoms. The van der Waals surface area contributed by atoms with Crippen LogP contribution in [0.3, 0.4) is 0 Å². The van der Waals surface area contributed by atoms with Crippen LogP contribution in [0.5, 0.6) is 0 Å². The van der Waals surface area contributed by atoms with Gasteiger partial charge in [-0.3, -0.25) is 4.90 Å². The first kappa shape index (κ1) is 14.8. The summed E-state index contributed by atoms with van der Waals surface area (Å²) >= 11 is 0. The molecule has 0 radical (unpaired) electrons. The first-order valence-corrected chi connectivity index (χ1v) is 7.56. The number of halogens is 1. The van der Waals surface area contributed by atoms with Crippen molar-refractivity contribution in [2.75, 3.05) is 13.5 Å². The average molecular weight is 331 g/mol. The van der Waals surface area contributed by atoms with Gasteiger partial charge in [-0.25, -0.2) is 0 Å². The van der Waals surface area contributed by atoms with Crippen molar-refractivity contribution in [2.45, 2.75) is 27.3 Å². The van der Waals surface area contributed by atoms with Crippen LogP contribution in [-0.2, 0) is 6.54 Å². The highest BCUT2D eigenvalue weighted by molar-refractivity contribution is 5.85. The number of rotatable bonds is 4. The van der Waals surface area contributed by atoms with Crippen LogP contribution in [-0.4, -0.2) is 18.4 Å². The molecule has 0 amide bonds. The van der Waals surface area contributed by atoms with Gasteiger partial charge < -0.3 is 0 Å². The number of nitrogens with zero attached hydrogens (tertiary/aromatic N) is 1. The molecule has 0 N–H and O–H groups in total. The number of hydrogen-bond acceptors (Lipinski definition) is 1. The molecule has 0 aromatic heterocycles. The summed E-state index contributed by atoms with van der Waals surface area (Å²) in [6.45, 7) is 4.68. The van der Waals surface area contributed by atoms with Crippen LogP contribution in [0.2, 0.25) is 0 Å². The van der Waals surface area contributed by atoms with Gasteiger partial charge >= 0.3 is 0 Å². The third kappa shape index (κ3) is 6.48. The monoisotopic (exact) mass is 330 g/mol. The van der Waals surface area contributed by atoms with Gasteiger partial charge in [0.05, 0.1) is 0 Å². The Hall–Kier alpha value is -1.75. The quantitative estimate of drug-likeness (QED) is 0.688. The zero-order valence-corrected chi connectivity index (χ0v) is 14.8. The number of fused-ring (bicyclic) bond motifs is 1. The molecule has 0 atom stereocenters. The van der Waals surface area contributed by atoms with E-state index in [4.69, 9.17) is 4.11 Å². The molecular weight excluding hydrogens is 302 g/mol. The molecule has 0 saturated carbocycles. The first-order valence-electron chi connectivity index (χ1n) is 9.06. The van der Waals surface area contributed by atoms with E-state index in [1.54, 1.807) is 6.08 Å². The molecule has 0 fully saturated rings. The molecule has 0 unspecified atom stereocenters. The van der Waals surface area contributed by atoms with Crippen LogP contribution in [0.1, 0.15) is 30.4 Å². The average Bonchev–Trinajstić information content (AvgIpc) is 2.51. The Labute approximate surface area is 151 Å². The van der Waals surface area contributed by atoms with E-state index in [-0.39, 0.29) is 17.8 Å². The standard InChI is InChI=1S/C21H25N.ClH/c1-21(2,3)15-8-5-9-16-22(4)17-19-13-10-12-18-11-6-7-14-20(18)19;/h5-7,9-14H,16-17H2,1-4H3;1H/i4D3;. The summed E-state index contributed by atoms with van der Waals surface area (Å²) in [5.41, 5.74) is 0.959. The molecule has 1 nitrogen and oxygen atoms in total. The molecular formula is C21H26ClN. The smallest absolute Gasteiger partial charge is 0.0394 e. The Kier molecular flexibility index (Phi) is 5.65. The summed E-state index contributed by atoms with van der Waals surface area (Å²) in [5.74, 6) is 6.10. The van der Waals surface area contributed by atoms with Gasteiger partial charge in [-0.1, -0.05) is 60.4 Å². The number of allylic oxidation sites excluding steroid dienone is 1. The van der Waals surface area contributed by atoms with Crippen LogP contribution in [0, 0.1) is 17.3 Å². The molecule has 0 aliphatic heterocycles. The molecule has 0 spiro atoms. The molecule has 2 rings (SSSR count). The lowest BCUT2D eigenvalue weighted by Gasteiger charge is -2.15. The van der Waals surface area contributed by atoms with Crippen molar-refractivity contribution >= 4 is 23.2 Å². The fourth-order valence-corrected chi connectivity index (χ4v) is 2.20. The van der Waals surface area contributed by atoms with Gasteiger partial charge in [0.2, 0.25) is 0 Å². The zero-order chi connectivity index (χ0) is 18.5. The lowest BCUT2D eigenvalue weighted by Crippen LogP contribution is -2.17. The number of hydrogen-bond donors (Lipinski definition) is 0. The second-order valence-corrected chi connectivity index (χ2v) is 6.44. The first-order chi connectivity index (χ1) is 11.7. The maximum absolute atomic E-state index is 7.82. The summed E-state index contributed by atoms with van der Waals surface area (Å²) in [6, 6.07) is 14.1. The van der Waals surface area contributed by atoms with Crippen LogP contribution < -0.4 is 0 Å². The molecule has 0 heterocycles. The minimum atomic E-state index is -2.15. The van der Waals surface area contributed by atoms with Crippen molar-refractivity contribution in [3.05, 3.63) is 60.2 Å². The van der Waals surface area contributed by atoms with Gasteiger partial charge in [0.25, 0.3) is 0 Å². The number of benzene rings is 2. The SMILES string of the molecule is Cl.[2H]C([2H])([2H])N(CC=CC#CC(C)(C)C)Cc1cccc2ccccc12. The Balaban J connectivity index is 0.00000338. The van der Waals surface area contributed by atoms with E-state index in [1.807, 2.05) is 69.3 Å². The lowest BCUT2D eigenvalue weighted by molar-refractivity contribution is 0.365. The lowest BCUT2D eigenvalue weighted by atomic mass is 9.98. The molecule has 0 aliphatic rings. The predicted molar refractivity (Wildman–Crippen MR) is 104 cm³/mol. The van der Waals surface area contributed by atoms with Crippen LogP contribution in [0.15, 0.2) is 54.6 Å². The van der Waals surface area contributed by atoms with Crippen molar-refractivity contribution in [1.82, 2.24) is 4.90 Å². The Morgan fingerprint density at radius 3 is 2.61 bits per heavy atom. The highest BCUT2D eigenvalue weighted by Gasteiger charge is 2.03. The van der Waals surface area contributed by atoms with E-state index in [1.165, 1.54) is 4.90 Å². The topological polar surface area (TPSA) is 3.24 Å². The highest BCUT2D eigenvalue weighted by Crippen LogP contribution is 2.19. The minimum Gasteiger partial charge on any atom is -0.298 e. The summed E-state index contributed by atoms with van der Waals surface area (Å²) in [6.07, 6.45) is 3.56. The van der Waals surface area contributed by atoms with Crippen molar-refractivity contribution < 1.29 is 4.11 Å². The molecule has 2 aromatic rings. The maximum atomic E-state index is 7.82. The fourth-order valence-electron chi connectivity index (χ4n) is 2.20. The Morgan fingerprint density at radius 2 is 1.87 bits per heavy atom. The van der Waals surface area contributed by atoms with Gasteiger partial charge in [0.1, 0.15) is 0 Å². The van der Waals surface area contributed by atoms with E-state index in [2.05, 4.69) is 11.8 Å². The largest absolute Gasteiger partial charge is 0.298 e. The third-order valence-corrected chi connectivity index (χ3v) is 3.22. The van der Waals surface area contributed by atoms with Gasteiger partial charge in [-0.15, -0.1) is 12.4 Å². The normalized spacial score (nSPS) is 13.8. The minimum absolute atomic E-state index is 0. The van der Waals surface area contributed by atoms with Crippen molar-refractivity contribution in [3.8, 4) is 11.8 Å². The highest BCUT2D eigenvalue weighted by atomic mass is 35.5. The fraction of sp³-hybridized carbons (Fsp3) is 0.333. The van der Waals surface area contributed by atoms with Gasteiger partial charge in [-0.05, 0) is 50.2 Å². The van der Waals surface area contributed by atoms with E-state index in [0.717, 1.165) is 16.3 Å². The summed E-state index contributed by atoms with van der Waals surface area (Å²) in [7, 11) is 0. The van der Waals surface area contributed by atoms with Gasteiger partial charge in [0, 0.05) is 22.6 Å². The van der Waals surface area contributed by atoms with Crippen molar-refractivity contribution in [2.24, 2.45) is 5.41 Å². The van der Waals surface area contributed by atoms with E-state index >= 15 is 0 Å². The van der Waals surface area contributed by atoms with E-state index in [9.17, 15) is 0 Å². The van der Waals surface area contributed by atoms with Crippen LogP contribution >= 0.6 is 12.4 Å². The van der Waals surface area contributed by atoms with Gasteiger partial charge in [-0.2, -0.15) is 0 Å².